The molecule has 0 saturated carbocycles. The molecule has 0 unspecified atom stereocenters. The summed E-state index contributed by atoms with van der Waals surface area (Å²) in [6.45, 7) is 3.57. The number of carbonyl (C=O) groups excluding carboxylic acids is 1. The molecule has 1 amide bonds. The van der Waals surface area contributed by atoms with Crippen molar-refractivity contribution in [1.29, 1.82) is 0 Å². The van der Waals surface area contributed by atoms with Crippen molar-refractivity contribution in [1.82, 2.24) is 15.2 Å². The first kappa shape index (κ1) is 25.4. The molecule has 4 aromatic rings. The Morgan fingerprint density at radius 2 is 1.84 bits per heavy atom. The van der Waals surface area contributed by atoms with Gasteiger partial charge in [0.05, 0.1) is 24.3 Å². The number of anilines is 2. The molecule has 0 atom stereocenters. The van der Waals surface area contributed by atoms with E-state index in [2.05, 4.69) is 10.2 Å². The number of nitro benzene ring substituents is 1. The summed E-state index contributed by atoms with van der Waals surface area (Å²) in [4.78, 5) is 32.5. The lowest BCUT2D eigenvalue weighted by atomic mass is 10.1. The Hall–Kier alpha value is -4.28. The molecule has 1 saturated heterocycles. The number of amides is 1. The molecule has 0 radical (unpaired) electrons. The molecule has 2 heterocycles. The SMILES string of the molecule is COc1ccc(N(Cc2ccc(C(=O)N3CCNCC3)cc2)c2nc(-c3cccc([N+](=O)[O-])c3)cs2)cc1. The van der Waals surface area contributed by atoms with E-state index in [0.29, 0.717) is 36.5 Å². The third kappa shape index (κ3) is 5.66. The van der Waals surface area contributed by atoms with Crippen LogP contribution in [0.1, 0.15) is 15.9 Å². The Balaban J connectivity index is 1.42. The molecule has 1 fully saturated rings. The van der Waals surface area contributed by atoms with Gasteiger partial charge in [0.25, 0.3) is 11.6 Å². The standard InChI is InChI=1S/C28H27N5O4S/c1-37-25-11-9-23(10-12-25)32(28-30-26(19-38-28)22-3-2-4-24(17-22)33(35)36)18-20-5-7-21(8-6-20)27(34)31-15-13-29-14-16-31/h2-12,17,19,29H,13-16,18H2,1H3. The maximum atomic E-state index is 12.9. The number of benzene rings is 3. The van der Waals surface area contributed by atoms with Crippen LogP contribution in [-0.4, -0.2) is 54.0 Å². The van der Waals surface area contributed by atoms with Gasteiger partial charge in [-0.25, -0.2) is 4.98 Å². The third-order valence-electron chi connectivity index (χ3n) is 6.41. The van der Waals surface area contributed by atoms with E-state index in [9.17, 15) is 14.9 Å². The number of piperazine rings is 1. The van der Waals surface area contributed by atoms with Crippen LogP contribution in [0.15, 0.2) is 78.2 Å². The Morgan fingerprint density at radius 1 is 1.11 bits per heavy atom. The van der Waals surface area contributed by atoms with Gasteiger partial charge in [0.15, 0.2) is 5.13 Å². The van der Waals surface area contributed by atoms with Crippen molar-refractivity contribution in [2.75, 3.05) is 38.2 Å². The first-order valence-electron chi connectivity index (χ1n) is 12.2. The molecule has 1 aliphatic rings. The van der Waals surface area contributed by atoms with Crippen LogP contribution < -0.4 is 15.0 Å². The van der Waals surface area contributed by atoms with Gasteiger partial charge < -0.3 is 19.9 Å². The highest BCUT2D eigenvalue weighted by Crippen LogP contribution is 2.35. The van der Waals surface area contributed by atoms with E-state index >= 15 is 0 Å². The second-order valence-corrected chi connectivity index (χ2v) is 9.68. The Bertz CT molecular complexity index is 1420. The maximum Gasteiger partial charge on any atom is 0.270 e. The van der Waals surface area contributed by atoms with Crippen LogP contribution in [0.25, 0.3) is 11.3 Å². The van der Waals surface area contributed by atoms with Crippen molar-refractivity contribution >= 4 is 33.8 Å². The van der Waals surface area contributed by atoms with E-state index in [4.69, 9.17) is 9.72 Å². The van der Waals surface area contributed by atoms with Crippen molar-refractivity contribution in [2.24, 2.45) is 0 Å². The number of nitrogens with zero attached hydrogens (tertiary/aromatic N) is 4. The first-order chi connectivity index (χ1) is 18.5. The summed E-state index contributed by atoms with van der Waals surface area (Å²) in [5.74, 6) is 0.799. The summed E-state index contributed by atoms with van der Waals surface area (Å²) in [6.07, 6.45) is 0. The van der Waals surface area contributed by atoms with E-state index in [0.717, 1.165) is 35.2 Å². The minimum atomic E-state index is -0.406. The molecular weight excluding hydrogens is 502 g/mol. The van der Waals surface area contributed by atoms with Gasteiger partial charge in [-0.05, 0) is 42.0 Å². The largest absolute Gasteiger partial charge is 0.497 e. The zero-order chi connectivity index (χ0) is 26.5. The number of hydrogen-bond acceptors (Lipinski definition) is 8. The summed E-state index contributed by atoms with van der Waals surface area (Å²) in [5.41, 5.74) is 4.00. The van der Waals surface area contributed by atoms with Crippen LogP contribution in [0.5, 0.6) is 5.75 Å². The molecule has 0 spiro atoms. The summed E-state index contributed by atoms with van der Waals surface area (Å²) in [7, 11) is 1.63. The maximum absolute atomic E-state index is 12.9. The number of hydrogen-bond donors (Lipinski definition) is 1. The minimum Gasteiger partial charge on any atom is -0.497 e. The van der Waals surface area contributed by atoms with Gasteiger partial charge in [-0.2, -0.15) is 0 Å². The number of non-ortho nitro benzene ring substituents is 1. The van der Waals surface area contributed by atoms with Crippen molar-refractivity contribution in [3.05, 3.63) is 99.4 Å². The zero-order valence-electron chi connectivity index (χ0n) is 20.9. The molecule has 5 rings (SSSR count). The van der Waals surface area contributed by atoms with Crippen LogP contribution in [-0.2, 0) is 6.54 Å². The van der Waals surface area contributed by atoms with Gasteiger partial charge in [-0.15, -0.1) is 11.3 Å². The highest BCUT2D eigenvalue weighted by Gasteiger charge is 2.19. The Labute approximate surface area is 224 Å². The van der Waals surface area contributed by atoms with Gasteiger partial charge in [0.1, 0.15) is 5.75 Å². The van der Waals surface area contributed by atoms with Gasteiger partial charge in [-0.1, -0.05) is 24.3 Å². The van der Waals surface area contributed by atoms with E-state index < -0.39 is 4.92 Å². The van der Waals surface area contributed by atoms with Crippen LogP contribution in [0, 0.1) is 10.1 Å². The predicted octanol–water partition coefficient (Wildman–Crippen LogP) is 5.11. The van der Waals surface area contributed by atoms with E-state index in [-0.39, 0.29) is 11.6 Å². The van der Waals surface area contributed by atoms with Gasteiger partial charge in [0.2, 0.25) is 0 Å². The normalized spacial score (nSPS) is 13.2. The average molecular weight is 530 g/mol. The highest BCUT2D eigenvalue weighted by atomic mass is 32.1. The lowest BCUT2D eigenvalue weighted by Gasteiger charge is -2.27. The van der Waals surface area contributed by atoms with Gasteiger partial charge in [-0.3, -0.25) is 14.9 Å². The molecule has 1 N–H and O–H groups in total. The zero-order valence-corrected chi connectivity index (χ0v) is 21.7. The summed E-state index contributed by atoms with van der Waals surface area (Å²) < 4.78 is 5.32. The molecule has 38 heavy (non-hydrogen) atoms. The molecule has 9 nitrogen and oxygen atoms in total. The minimum absolute atomic E-state index is 0.0273. The van der Waals surface area contributed by atoms with Crippen LogP contribution in [0.4, 0.5) is 16.5 Å². The number of carbonyl (C=O) groups is 1. The van der Waals surface area contributed by atoms with Crippen LogP contribution >= 0.6 is 11.3 Å². The second-order valence-electron chi connectivity index (χ2n) is 8.85. The number of rotatable bonds is 8. The monoisotopic (exact) mass is 529 g/mol. The summed E-state index contributed by atoms with van der Waals surface area (Å²) >= 11 is 1.46. The fourth-order valence-corrected chi connectivity index (χ4v) is 5.17. The third-order valence-corrected chi connectivity index (χ3v) is 7.27. The van der Waals surface area contributed by atoms with Crippen LogP contribution in [0.3, 0.4) is 0 Å². The quantitative estimate of drug-likeness (QED) is 0.250. The highest BCUT2D eigenvalue weighted by molar-refractivity contribution is 7.14. The molecule has 10 heteroatoms. The molecule has 0 bridgehead atoms. The van der Waals surface area contributed by atoms with Crippen molar-refractivity contribution in [3.63, 3.8) is 0 Å². The fraction of sp³-hybridized carbons (Fsp3) is 0.214. The number of aromatic nitrogens is 1. The smallest absolute Gasteiger partial charge is 0.270 e. The number of ether oxygens (including phenoxy) is 1. The predicted molar refractivity (Wildman–Crippen MR) is 148 cm³/mol. The second kappa shape index (κ2) is 11.4. The Kier molecular flexibility index (Phi) is 7.62. The average Bonchev–Trinajstić information content (AvgIpc) is 3.47. The molecule has 3 aromatic carbocycles. The number of thiazole rings is 1. The summed E-state index contributed by atoms with van der Waals surface area (Å²) in [6, 6.07) is 21.9. The lowest BCUT2D eigenvalue weighted by Crippen LogP contribution is -2.46. The topological polar surface area (TPSA) is 101 Å². The first-order valence-corrected chi connectivity index (χ1v) is 13.1. The van der Waals surface area contributed by atoms with E-state index in [1.807, 2.05) is 64.9 Å². The lowest BCUT2D eigenvalue weighted by molar-refractivity contribution is -0.384. The van der Waals surface area contributed by atoms with Crippen molar-refractivity contribution in [2.45, 2.75) is 6.54 Å². The molecular formula is C28H27N5O4S. The fourth-order valence-electron chi connectivity index (χ4n) is 4.32. The number of nitrogens with one attached hydrogen (secondary N) is 1. The van der Waals surface area contributed by atoms with Crippen molar-refractivity contribution in [3.8, 4) is 17.0 Å². The number of nitro groups is 1. The van der Waals surface area contributed by atoms with Gasteiger partial charge in [0, 0.05) is 60.5 Å². The summed E-state index contributed by atoms with van der Waals surface area (Å²) in [5, 5.41) is 17.2. The molecule has 0 aliphatic carbocycles. The van der Waals surface area contributed by atoms with E-state index in [1.165, 1.54) is 23.5 Å². The molecule has 1 aliphatic heterocycles. The van der Waals surface area contributed by atoms with Crippen molar-refractivity contribution < 1.29 is 14.5 Å². The van der Waals surface area contributed by atoms with Gasteiger partial charge >= 0.3 is 0 Å². The van der Waals surface area contributed by atoms with Crippen LogP contribution in [0.2, 0.25) is 0 Å². The molecule has 194 valence electrons. The Morgan fingerprint density at radius 3 is 2.53 bits per heavy atom. The molecule has 1 aromatic heterocycles. The van der Waals surface area contributed by atoms with E-state index in [1.54, 1.807) is 13.2 Å². The number of methoxy groups -OCH3 is 1.